The van der Waals surface area contributed by atoms with E-state index in [1.807, 2.05) is 18.2 Å². The van der Waals surface area contributed by atoms with Crippen molar-refractivity contribution < 1.29 is 9.47 Å². The van der Waals surface area contributed by atoms with E-state index < -0.39 is 0 Å². The van der Waals surface area contributed by atoms with Crippen molar-refractivity contribution in [2.24, 2.45) is 0 Å². The van der Waals surface area contributed by atoms with Gasteiger partial charge in [-0.15, -0.1) is 0 Å². The highest BCUT2D eigenvalue weighted by atomic mass is 16.7. The molecule has 1 heterocycles. The molecule has 1 aliphatic rings. The molecule has 0 aliphatic carbocycles. The smallest absolute Gasteiger partial charge is 0.231 e. The molecular weight excluding hydrogens is 204 g/mol. The van der Waals surface area contributed by atoms with Gasteiger partial charge >= 0.3 is 0 Å². The Hall–Kier alpha value is -1.73. The number of ether oxygens (including phenoxy) is 2. The van der Waals surface area contributed by atoms with E-state index >= 15 is 0 Å². The third-order valence-corrected chi connectivity index (χ3v) is 2.58. The molecule has 0 radical (unpaired) electrons. The average Bonchev–Trinajstić information content (AvgIpc) is 2.76. The number of benzene rings is 1. The zero-order chi connectivity index (χ0) is 11.4. The minimum Gasteiger partial charge on any atom is -0.454 e. The van der Waals surface area contributed by atoms with Crippen LogP contribution in [0.15, 0.2) is 18.2 Å². The fourth-order valence-electron chi connectivity index (χ4n) is 1.64. The van der Waals surface area contributed by atoms with Crippen LogP contribution in [-0.4, -0.2) is 13.3 Å². The van der Waals surface area contributed by atoms with Crippen LogP contribution in [0.25, 0.3) is 0 Å². The van der Waals surface area contributed by atoms with Crippen LogP contribution < -0.4 is 14.8 Å². The second-order valence-electron chi connectivity index (χ2n) is 3.70. The lowest BCUT2D eigenvalue weighted by molar-refractivity contribution is 0.174. The van der Waals surface area contributed by atoms with E-state index in [0.717, 1.165) is 17.1 Å². The van der Waals surface area contributed by atoms with Gasteiger partial charge in [0, 0.05) is 19.0 Å². The van der Waals surface area contributed by atoms with Crippen LogP contribution in [-0.2, 0) is 0 Å². The van der Waals surface area contributed by atoms with E-state index in [1.54, 1.807) is 0 Å². The minimum atomic E-state index is 0.211. The molecule has 4 heteroatoms. The van der Waals surface area contributed by atoms with Crippen molar-refractivity contribution in [2.75, 3.05) is 13.3 Å². The Morgan fingerprint density at radius 1 is 1.44 bits per heavy atom. The second-order valence-corrected chi connectivity index (χ2v) is 3.70. The molecule has 1 aliphatic heterocycles. The third kappa shape index (κ3) is 2.26. The first-order chi connectivity index (χ1) is 7.81. The summed E-state index contributed by atoms with van der Waals surface area (Å²) in [7, 11) is 0. The molecule has 1 atom stereocenters. The molecule has 0 spiro atoms. The Bertz CT molecular complexity index is 412. The molecule has 1 unspecified atom stereocenters. The lowest BCUT2D eigenvalue weighted by Gasteiger charge is -2.13. The summed E-state index contributed by atoms with van der Waals surface area (Å²) < 4.78 is 10.6. The number of nitrogens with zero attached hydrogens (tertiary/aromatic N) is 1. The molecule has 1 aromatic rings. The molecule has 0 bridgehead atoms. The van der Waals surface area contributed by atoms with Gasteiger partial charge in [-0.2, -0.15) is 5.26 Å². The maximum Gasteiger partial charge on any atom is 0.231 e. The van der Waals surface area contributed by atoms with Gasteiger partial charge in [0.1, 0.15) is 0 Å². The minimum absolute atomic E-state index is 0.211. The topological polar surface area (TPSA) is 54.3 Å². The highest BCUT2D eigenvalue weighted by Gasteiger charge is 2.15. The molecule has 2 rings (SSSR count). The van der Waals surface area contributed by atoms with Gasteiger partial charge in [0.2, 0.25) is 6.79 Å². The van der Waals surface area contributed by atoms with E-state index in [-0.39, 0.29) is 6.04 Å². The first-order valence-corrected chi connectivity index (χ1v) is 5.31. The highest BCUT2D eigenvalue weighted by molar-refractivity contribution is 5.45. The molecule has 0 aromatic heterocycles. The molecule has 0 fully saturated rings. The summed E-state index contributed by atoms with van der Waals surface area (Å²) in [6.07, 6.45) is 0.523. The van der Waals surface area contributed by atoms with Crippen molar-refractivity contribution in [1.29, 1.82) is 5.26 Å². The Morgan fingerprint density at radius 3 is 3.06 bits per heavy atom. The van der Waals surface area contributed by atoms with Crippen LogP contribution in [0.5, 0.6) is 11.5 Å². The number of nitrogens with one attached hydrogen (secondary N) is 1. The van der Waals surface area contributed by atoms with Gasteiger partial charge < -0.3 is 14.8 Å². The number of hydrogen-bond donors (Lipinski definition) is 1. The Morgan fingerprint density at radius 2 is 2.25 bits per heavy atom. The molecule has 1 aromatic carbocycles. The Kier molecular flexibility index (Phi) is 3.28. The average molecular weight is 218 g/mol. The van der Waals surface area contributed by atoms with E-state index in [1.165, 1.54) is 0 Å². The monoisotopic (exact) mass is 218 g/mol. The second kappa shape index (κ2) is 4.86. The zero-order valence-corrected chi connectivity index (χ0v) is 9.19. The predicted molar refractivity (Wildman–Crippen MR) is 59.2 cm³/mol. The third-order valence-electron chi connectivity index (χ3n) is 2.58. The summed E-state index contributed by atoms with van der Waals surface area (Å²) in [5.74, 6) is 1.60. The first-order valence-electron chi connectivity index (χ1n) is 5.31. The van der Waals surface area contributed by atoms with Gasteiger partial charge in [0.25, 0.3) is 0 Å². The molecular formula is C12H14N2O2. The van der Waals surface area contributed by atoms with Gasteiger partial charge in [-0.25, -0.2) is 0 Å². The summed E-state index contributed by atoms with van der Waals surface area (Å²) in [4.78, 5) is 0. The summed E-state index contributed by atoms with van der Waals surface area (Å²) in [5.41, 5.74) is 1.14. The van der Waals surface area contributed by atoms with Crippen LogP contribution in [0, 0.1) is 11.3 Å². The van der Waals surface area contributed by atoms with Crippen molar-refractivity contribution in [3.05, 3.63) is 23.8 Å². The summed E-state index contributed by atoms with van der Waals surface area (Å²) in [6.45, 7) is 3.07. The summed E-state index contributed by atoms with van der Waals surface area (Å²) in [6, 6.07) is 8.23. The van der Waals surface area contributed by atoms with Crippen LogP contribution >= 0.6 is 0 Å². The number of nitriles is 1. The summed E-state index contributed by atoms with van der Waals surface area (Å²) in [5, 5.41) is 11.7. The molecule has 0 amide bonds. The SMILES string of the molecule is CC(NCCC#N)c1ccc2c(c1)OCO2. The van der Waals surface area contributed by atoms with Crippen molar-refractivity contribution in [1.82, 2.24) is 5.32 Å². The fourth-order valence-corrected chi connectivity index (χ4v) is 1.64. The van der Waals surface area contributed by atoms with Gasteiger partial charge in [-0.05, 0) is 24.6 Å². The lowest BCUT2D eigenvalue weighted by Crippen LogP contribution is -2.19. The molecule has 16 heavy (non-hydrogen) atoms. The van der Waals surface area contributed by atoms with Crippen LogP contribution in [0.1, 0.15) is 24.9 Å². The Balaban J connectivity index is 2.01. The van der Waals surface area contributed by atoms with Gasteiger partial charge in [-0.1, -0.05) is 6.07 Å². The maximum absolute atomic E-state index is 8.45. The molecule has 4 nitrogen and oxygen atoms in total. The number of hydrogen-bond acceptors (Lipinski definition) is 4. The number of rotatable bonds is 4. The fraction of sp³-hybridized carbons (Fsp3) is 0.417. The maximum atomic E-state index is 8.45. The van der Waals surface area contributed by atoms with Gasteiger partial charge in [0.05, 0.1) is 6.07 Å². The van der Waals surface area contributed by atoms with Crippen molar-refractivity contribution in [3.8, 4) is 17.6 Å². The molecule has 1 N–H and O–H groups in total. The van der Waals surface area contributed by atoms with E-state index in [0.29, 0.717) is 19.8 Å². The van der Waals surface area contributed by atoms with E-state index in [4.69, 9.17) is 14.7 Å². The molecule has 0 saturated carbocycles. The van der Waals surface area contributed by atoms with Crippen molar-refractivity contribution in [3.63, 3.8) is 0 Å². The van der Waals surface area contributed by atoms with Crippen LogP contribution in [0.3, 0.4) is 0 Å². The quantitative estimate of drug-likeness (QED) is 0.785. The van der Waals surface area contributed by atoms with Crippen molar-refractivity contribution in [2.45, 2.75) is 19.4 Å². The highest BCUT2D eigenvalue weighted by Crippen LogP contribution is 2.33. The molecule has 0 saturated heterocycles. The predicted octanol–water partition coefficient (Wildman–Crippen LogP) is 1.98. The largest absolute Gasteiger partial charge is 0.454 e. The standard InChI is InChI=1S/C12H14N2O2/c1-9(14-6-2-5-13)10-3-4-11-12(7-10)16-8-15-11/h3-4,7,9,14H,2,6,8H2,1H3. The van der Waals surface area contributed by atoms with Gasteiger partial charge in [-0.3, -0.25) is 0 Å². The summed E-state index contributed by atoms with van der Waals surface area (Å²) >= 11 is 0. The molecule has 84 valence electrons. The van der Waals surface area contributed by atoms with Crippen LogP contribution in [0.4, 0.5) is 0 Å². The van der Waals surface area contributed by atoms with Crippen molar-refractivity contribution >= 4 is 0 Å². The Labute approximate surface area is 94.8 Å². The normalized spacial score (nSPS) is 14.5. The lowest BCUT2D eigenvalue weighted by atomic mass is 10.1. The van der Waals surface area contributed by atoms with E-state index in [2.05, 4.69) is 18.3 Å². The zero-order valence-electron chi connectivity index (χ0n) is 9.19. The first kappa shape index (κ1) is 10.8. The number of fused-ring (bicyclic) bond motifs is 1. The van der Waals surface area contributed by atoms with Gasteiger partial charge in [0.15, 0.2) is 11.5 Å². The van der Waals surface area contributed by atoms with E-state index in [9.17, 15) is 0 Å². The van der Waals surface area contributed by atoms with Crippen LogP contribution in [0.2, 0.25) is 0 Å².